The van der Waals surface area contributed by atoms with Gasteiger partial charge in [0.1, 0.15) is 16.4 Å². The number of fused-ring (bicyclic) bond motifs is 1. The smallest absolute Gasteiger partial charge is 0.407 e. The maximum atomic E-state index is 14.3. The highest BCUT2D eigenvalue weighted by Gasteiger charge is 2.33. The van der Waals surface area contributed by atoms with Crippen molar-refractivity contribution in [1.82, 2.24) is 29.4 Å². The third-order valence-corrected chi connectivity index (χ3v) is 7.78. The number of rotatable bonds is 11. The molecule has 0 aliphatic carbocycles. The molecule has 1 N–H and O–H groups in total. The number of nitrogens with zero attached hydrogens (tertiary/aromatic N) is 5. The second kappa shape index (κ2) is 14.3. The second-order valence-corrected chi connectivity index (χ2v) is 13.0. The molecule has 0 aliphatic rings. The maximum absolute atomic E-state index is 14.3. The SMILES string of the molecule is Cc1ccc(C(=O)N(CCCCNC(=O)OC(C)(C)C)C(c2nc3c(Cl)c(C)nn3c(=O)n2Cc2ccccc2)C(C)C)cc1. The van der Waals surface area contributed by atoms with E-state index >= 15 is 0 Å². The van der Waals surface area contributed by atoms with Crippen LogP contribution in [0, 0.1) is 19.8 Å². The number of nitrogens with one attached hydrogen (secondary N) is 1. The van der Waals surface area contributed by atoms with Crippen LogP contribution in [0.15, 0.2) is 59.4 Å². The van der Waals surface area contributed by atoms with E-state index < -0.39 is 17.7 Å². The van der Waals surface area contributed by atoms with Gasteiger partial charge in [0.15, 0.2) is 5.65 Å². The van der Waals surface area contributed by atoms with E-state index in [1.807, 2.05) is 96.1 Å². The number of alkyl carbamates (subject to hydrolysis) is 1. The lowest BCUT2D eigenvalue weighted by molar-refractivity contribution is 0.0519. The molecule has 0 spiro atoms. The molecule has 2 heterocycles. The van der Waals surface area contributed by atoms with E-state index in [1.54, 1.807) is 16.4 Å². The van der Waals surface area contributed by atoms with Crippen molar-refractivity contribution in [3.8, 4) is 0 Å². The quantitative estimate of drug-likeness (QED) is 0.192. The predicted octanol–water partition coefficient (Wildman–Crippen LogP) is 6.35. The summed E-state index contributed by atoms with van der Waals surface area (Å²) in [4.78, 5) is 47.2. The zero-order chi connectivity index (χ0) is 32.9. The lowest BCUT2D eigenvalue weighted by Crippen LogP contribution is -2.43. The summed E-state index contributed by atoms with van der Waals surface area (Å²) in [5, 5.41) is 7.45. The molecule has 0 saturated heterocycles. The van der Waals surface area contributed by atoms with Gasteiger partial charge in [-0.05, 0) is 71.1 Å². The van der Waals surface area contributed by atoms with Gasteiger partial charge in [-0.3, -0.25) is 9.36 Å². The third-order valence-electron chi connectivity index (χ3n) is 7.34. The molecule has 0 radical (unpaired) electrons. The number of amides is 2. The normalized spacial score (nSPS) is 12.4. The third kappa shape index (κ3) is 8.30. The van der Waals surface area contributed by atoms with Gasteiger partial charge < -0.3 is 15.0 Å². The van der Waals surface area contributed by atoms with Gasteiger partial charge >= 0.3 is 11.8 Å². The molecule has 2 aromatic heterocycles. The first-order chi connectivity index (χ1) is 21.3. The van der Waals surface area contributed by atoms with E-state index in [2.05, 4.69) is 10.4 Å². The number of hydrogen-bond acceptors (Lipinski definition) is 6. The first-order valence-corrected chi connectivity index (χ1v) is 15.7. The van der Waals surface area contributed by atoms with Crippen LogP contribution in [-0.4, -0.2) is 54.8 Å². The Morgan fingerprint density at radius 1 is 1.02 bits per heavy atom. The Hall–Kier alpha value is -4.18. The number of aryl methyl sites for hydroxylation is 2. The van der Waals surface area contributed by atoms with Crippen LogP contribution >= 0.6 is 11.6 Å². The highest BCUT2D eigenvalue weighted by Crippen LogP contribution is 2.31. The lowest BCUT2D eigenvalue weighted by Gasteiger charge is -2.35. The minimum absolute atomic E-state index is 0.126. The van der Waals surface area contributed by atoms with Gasteiger partial charge in [0, 0.05) is 18.7 Å². The first kappa shape index (κ1) is 33.7. The number of aromatic nitrogens is 4. The molecule has 11 heteroatoms. The Balaban J connectivity index is 1.76. The number of carbonyl (C=O) groups excluding carboxylic acids is 2. The number of halogens is 1. The molecule has 0 saturated carbocycles. The highest BCUT2D eigenvalue weighted by molar-refractivity contribution is 6.34. The molecular formula is C34H43ClN6O4. The Kier molecular flexibility index (Phi) is 10.7. The van der Waals surface area contributed by atoms with Gasteiger partial charge in [-0.2, -0.15) is 9.61 Å². The molecule has 0 fully saturated rings. The van der Waals surface area contributed by atoms with E-state index in [1.165, 1.54) is 4.52 Å². The Bertz CT molecular complexity index is 1690. The number of ether oxygens (including phenoxy) is 1. The fourth-order valence-electron chi connectivity index (χ4n) is 5.19. The molecule has 45 heavy (non-hydrogen) atoms. The van der Waals surface area contributed by atoms with E-state index in [-0.39, 0.29) is 29.7 Å². The van der Waals surface area contributed by atoms with Crippen molar-refractivity contribution < 1.29 is 14.3 Å². The average Bonchev–Trinajstić information content (AvgIpc) is 3.26. The molecule has 240 valence electrons. The molecule has 1 unspecified atom stereocenters. The van der Waals surface area contributed by atoms with Crippen LogP contribution in [0.3, 0.4) is 0 Å². The summed E-state index contributed by atoms with van der Waals surface area (Å²) in [7, 11) is 0. The molecule has 1 atom stereocenters. The summed E-state index contributed by atoms with van der Waals surface area (Å²) in [6.07, 6.45) is 0.720. The number of carbonyl (C=O) groups is 2. The van der Waals surface area contributed by atoms with Crippen molar-refractivity contribution in [2.75, 3.05) is 13.1 Å². The molecular weight excluding hydrogens is 592 g/mol. The van der Waals surface area contributed by atoms with Gasteiger partial charge in [-0.15, -0.1) is 0 Å². The topological polar surface area (TPSA) is 111 Å². The zero-order valence-corrected chi connectivity index (χ0v) is 27.9. The summed E-state index contributed by atoms with van der Waals surface area (Å²) < 4.78 is 8.17. The van der Waals surface area contributed by atoms with Crippen LogP contribution < -0.4 is 11.0 Å². The summed E-state index contributed by atoms with van der Waals surface area (Å²) in [5.74, 6) is 0.129. The van der Waals surface area contributed by atoms with E-state index in [4.69, 9.17) is 21.3 Å². The average molecular weight is 635 g/mol. The zero-order valence-electron chi connectivity index (χ0n) is 27.1. The minimum atomic E-state index is -0.591. The molecule has 10 nitrogen and oxygen atoms in total. The monoisotopic (exact) mass is 634 g/mol. The predicted molar refractivity (Wildman–Crippen MR) is 176 cm³/mol. The van der Waals surface area contributed by atoms with Crippen LogP contribution in [0.1, 0.15) is 86.5 Å². The van der Waals surface area contributed by atoms with Gasteiger partial charge in [0.05, 0.1) is 18.3 Å². The van der Waals surface area contributed by atoms with Gasteiger partial charge in [0.25, 0.3) is 5.91 Å². The summed E-state index contributed by atoms with van der Waals surface area (Å²) in [6, 6.07) is 16.5. The molecule has 0 aliphatic heterocycles. The van der Waals surface area contributed by atoms with Crippen molar-refractivity contribution >= 4 is 29.2 Å². The standard InChI is InChI=1S/C34H43ClN6O4/c1-22(2)28(30-37-29-27(35)24(4)38-41(29)33(44)40(30)21-25-13-9-8-10-14-25)39(31(42)26-17-15-23(3)16-18-26)20-12-11-19-36-32(43)45-34(5,6)7/h8-10,13-18,22,28H,11-12,19-21H2,1-7H3,(H,36,43). The van der Waals surface area contributed by atoms with Crippen LogP contribution in [0.5, 0.6) is 0 Å². The lowest BCUT2D eigenvalue weighted by atomic mass is 9.99. The second-order valence-electron chi connectivity index (χ2n) is 12.6. The number of unbranched alkanes of at least 4 members (excludes halogenated alkanes) is 1. The van der Waals surface area contributed by atoms with Crippen LogP contribution in [-0.2, 0) is 11.3 Å². The van der Waals surface area contributed by atoms with Crippen molar-refractivity contribution in [2.45, 2.75) is 79.5 Å². The maximum Gasteiger partial charge on any atom is 0.407 e. The van der Waals surface area contributed by atoms with Crippen LogP contribution in [0.4, 0.5) is 4.79 Å². The van der Waals surface area contributed by atoms with Gasteiger partial charge in [-0.1, -0.05) is 73.5 Å². The largest absolute Gasteiger partial charge is 0.444 e. The molecule has 2 aromatic carbocycles. The van der Waals surface area contributed by atoms with Crippen molar-refractivity contribution in [3.05, 3.63) is 98.3 Å². The highest BCUT2D eigenvalue weighted by atomic mass is 35.5. The first-order valence-electron chi connectivity index (χ1n) is 15.3. The summed E-state index contributed by atoms with van der Waals surface area (Å²) in [5.41, 5.74) is 2.26. The fraction of sp³-hybridized carbons (Fsp3) is 0.441. The van der Waals surface area contributed by atoms with E-state index in [0.717, 1.165) is 11.1 Å². The van der Waals surface area contributed by atoms with Crippen LogP contribution in [0.2, 0.25) is 5.02 Å². The Labute approximate surface area is 269 Å². The van der Waals surface area contributed by atoms with Gasteiger partial charge in [0.2, 0.25) is 0 Å². The molecule has 2 amide bonds. The van der Waals surface area contributed by atoms with Crippen molar-refractivity contribution in [1.29, 1.82) is 0 Å². The Morgan fingerprint density at radius 2 is 1.69 bits per heavy atom. The summed E-state index contributed by atoms with van der Waals surface area (Å²) >= 11 is 6.60. The van der Waals surface area contributed by atoms with Crippen molar-refractivity contribution in [3.63, 3.8) is 0 Å². The van der Waals surface area contributed by atoms with Crippen LogP contribution in [0.25, 0.3) is 5.65 Å². The molecule has 4 rings (SSSR count). The molecule has 4 aromatic rings. The Morgan fingerprint density at radius 3 is 2.31 bits per heavy atom. The summed E-state index contributed by atoms with van der Waals surface area (Å²) in [6.45, 7) is 14.2. The number of benzene rings is 2. The fourth-order valence-corrected chi connectivity index (χ4v) is 5.35. The van der Waals surface area contributed by atoms with E-state index in [0.29, 0.717) is 48.0 Å². The van der Waals surface area contributed by atoms with E-state index in [9.17, 15) is 14.4 Å². The molecule has 0 bridgehead atoms. The number of hydrogen-bond donors (Lipinski definition) is 1. The van der Waals surface area contributed by atoms with Crippen molar-refractivity contribution in [2.24, 2.45) is 5.92 Å². The van der Waals surface area contributed by atoms with Gasteiger partial charge in [-0.25, -0.2) is 14.6 Å². The minimum Gasteiger partial charge on any atom is -0.444 e.